The molecule has 0 radical (unpaired) electrons. The highest BCUT2D eigenvalue weighted by molar-refractivity contribution is 9.10. The third-order valence-electron chi connectivity index (χ3n) is 5.06. The minimum absolute atomic E-state index is 0.120. The summed E-state index contributed by atoms with van der Waals surface area (Å²) in [4.78, 5) is 30.9. The average Bonchev–Trinajstić information content (AvgIpc) is 3.12. The lowest BCUT2D eigenvalue weighted by atomic mass is 10.1. The van der Waals surface area contributed by atoms with E-state index in [1.54, 1.807) is 36.4 Å². The number of halogens is 2. The van der Waals surface area contributed by atoms with Crippen LogP contribution in [-0.4, -0.2) is 33.6 Å². The second kappa shape index (κ2) is 10.9. The molecule has 35 heavy (non-hydrogen) atoms. The van der Waals surface area contributed by atoms with E-state index in [4.69, 9.17) is 4.74 Å². The Balaban J connectivity index is 1.63. The van der Waals surface area contributed by atoms with E-state index in [1.807, 2.05) is 19.1 Å². The van der Waals surface area contributed by atoms with Crippen LogP contribution in [0.3, 0.4) is 0 Å². The van der Waals surface area contributed by atoms with Crippen molar-refractivity contribution in [2.24, 2.45) is 4.99 Å². The summed E-state index contributed by atoms with van der Waals surface area (Å²) in [6.45, 7) is 2.42. The summed E-state index contributed by atoms with van der Waals surface area (Å²) in [7, 11) is 0. The maximum absolute atomic E-state index is 13.5. The lowest BCUT2D eigenvalue weighted by Crippen LogP contribution is -2.28. The van der Waals surface area contributed by atoms with Gasteiger partial charge in [0.1, 0.15) is 18.2 Å². The lowest BCUT2D eigenvalue weighted by molar-refractivity contribution is -0.122. The van der Waals surface area contributed by atoms with Gasteiger partial charge in [-0.05, 0) is 78.9 Å². The summed E-state index contributed by atoms with van der Waals surface area (Å²) in [6, 6.07) is 17.9. The first-order valence-electron chi connectivity index (χ1n) is 10.6. The van der Waals surface area contributed by atoms with Gasteiger partial charge in [-0.3, -0.25) is 9.69 Å². The van der Waals surface area contributed by atoms with Crippen LogP contribution in [0.15, 0.2) is 81.1 Å². The first-order chi connectivity index (χ1) is 16.8. The number of benzene rings is 3. The average molecular weight is 555 g/mol. The minimum Gasteiger partial charge on any atom is -0.488 e. The number of hydrogen-bond donors (Lipinski definition) is 1. The van der Waals surface area contributed by atoms with Crippen LogP contribution in [0.2, 0.25) is 0 Å². The van der Waals surface area contributed by atoms with E-state index in [9.17, 15) is 19.1 Å². The molecule has 0 spiro atoms. The Morgan fingerprint density at radius 2 is 1.97 bits per heavy atom. The zero-order chi connectivity index (χ0) is 24.9. The minimum atomic E-state index is -1.05. The SMILES string of the molecule is CCN1C(=O)C(=Cc2cc(Br)ccc2OCc2cccc(F)c2)SC1=Nc1cccc(C(=O)O)c1. The number of thioether (sulfide) groups is 1. The van der Waals surface area contributed by atoms with Gasteiger partial charge in [0, 0.05) is 16.6 Å². The van der Waals surface area contributed by atoms with Crippen molar-refractivity contribution in [3.05, 3.63) is 98.6 Å². The molecular formula is C26H20BrFN2O4S. The van der Waals surface area contributed by atoms with E-state index in [-0.39, 0.29) is 23.9 Å². The highest BCUT2D eigenvalue weighted by Crippen LogP contribution is 2.36. The van der Waals surface area contributed by atoms with E-state index in [2.05, 4.69) is 20.9 Å². The molecule has 1 aliphatic heterocycles. The van der Waals surface area contributed by atoms with Gasteiger partial charge in [-0.15, -0.1) is 0 Å². The first kappa shape index (κ1) is 24.7. The van der Waals surface area contributed by atoms with Crippen LogP contribution in [0, 0.1) is 5.82 Å². The smallest absolute Gasteiger partial charge is 0.335 e. The number of nitrogens with zero attached hydrogens (tertiary/aromatic N) is 2. The van der Waals surface area contributed by atoms with Gasteiger partial charge >= 0.3 is 5.97 Å². The zero-order valence-corrected chi connectivity index (χ0v) is 21.0. The number of amides is 1. The molecule has 1 fully saturated rings. The summed E-state index contributed by atoms with van der Waals surface area (Å²) in [5.74, 6) is -1.05. The highest BCUT2D eigenvalue weighted by atomic mass is 79.9. The highest BCUT2D eigenvalue weighted by Gasteiger charge is 2.32. The quantitative estimate of drug-likeness (QED) is 0.337. The summed E-state index contributed by atoms with van der Waals surface area (Å²) in [5.41, 5.74) is 1.93. The Morgan fingerprint density at radius 3 is 2.71 bits per heavy atom. The van der Waals surface area contributed by atoms with Gasteiger partial charge in [0.2, 0.25) is 0 Å². The molecule has 1 N–H and O–H groups in total. The van der Waals surface area contributed by atoms with Crippen LogP contribution >= 0.6 is 27.7 Å². The Kier molecular flexibility index (Phi) is 7.67. The van der Waals surface area contributed by atoms with E-state index in [0.29, 0.717) is 39.2 Å². The maximum Gasteiger partial charge on any atom is 0.335 e. The number of likely N-dealkylation sites (N-methyl/N-ethyl adjacent to an activating group) is 1. The van der Waals surface area contributed by atoms with Gasteiger partial charge in [-0.1, -0.05) is 34.1 Å². The van der Waals surface area contributed by atoms with Crippen molar-refractivity contribution in [1.82, 2.24) is 4.90 Å². The molecule has 3 aromatic rings. The van der Waals surface area contributed by atoms with Crippen LogP contribution in [0.5, 0.6) is 5.75 Å². The molecule has 0 saturated carbocycles. The largest absolute Gasteiger partial charge is 0.488 e. The van der Waals surface area contributed by atoms with Crippen LogP contribution < -0.4 is 4.74 Å². The number of carboxylic acids is 1. The molecule has 1 saturated heterocycles. The third kappa shape index (κ3) is 5.98. The number of aliphatic imine (C=N–C) groups is 1. The number of carbonyl (C=O) groups excluding carboxylic acids is 1. The Bertz CT molecular complexity index is 1360. The van der Waals surface area contributed by atoms with Gasteiger partial charge in [0.25, 0.3) is 5.91 Å². The molecule has 0 bridgehead atoms. The van der Waals surface area contributed by atoms with E-state index < -0.39 is 5.97 Å². The number of ether oxygens (including phenoxy) is 1. The van der Waals surface area contributed by atoms with Crippen molar-refractivity contribution in [1.29, 1.82) is 0 Å². The first-order valence-corrected chi connectivity index (χ1v) is 12.2. The lowest BCUT2D eigenvalue weighted by Gasteiger charge is -2.12. The van der Waals surface area contributed by atoms with Gasteiger partial charge in [-0.25, -0.2) is 14.2 Å². The zero-order valence-electron chi connectivity index (χ0n) is 18.6. The fourth-order valence-corrected chi connectivity index (χ4v) is 4.81. The molecule has 3 aromatic carbocycles. The predicted molar refractivity (Wildman–Crippen MR) is 138 cm³/mol. The van der Waals surface area contributed by atoms with Crippen molar-refractivity contribution in [2.75, 3.05) is 6.54 Å². The Morgan fingerprint density at radius 1 is 1.17 bits per heavy atom. The molecular weight excluding hydrogens is 535 g/mol. The monoisotopic (exact) mass is 554 g/mol. The number of rotatable bonds is 7. The molecule has 4 rings (SSSR count). The summed E-state index contributed by atoms with van der Waals surface area (Å²) >= 11 is 4.66. The molecule has 1 aliphatic rings. The summed E-state index contributed by atoms with van der Waals surface area (Å²) in [5, 5.41) is 9.69. The van der Waals surface area contributed by atoms with Gasteiger partial charge in [0.15, 0.2) is 5.17 Å². The van der Waals surface area contributed by atoms with Gasteiger partial charge in [-0.2, -0.15) is 0 Å². The molecule has 9 heteroatoms. The van der Waals surface area contributed by atoms with E-state index in [0.717, 1.165) is 4.47 Å². The molecule has 1 amide bonds. The van der Waals surface area contributed by atoms with Crippen molar-refractivity contribution in [3.8, 4) is 5.75 Å². The van der Waals surface area contributed by atoms with E-state index >= 15 is 0 Å². The number of carboxylic acid groups (broad SMARTS) is 1. The van der Waals surface area contributed by atoms with Crippen LogP contribution in [0.1, 0.15) is 28.4 Å². The van der Waals surface area contributed by atoms with Crippen LogP contribution in [0.4, 0.5) is 10.1 Å². The van der Waals surface area contributed by atoms with Crippen LogP contribution in [-0.2, 0) is 11.4 Å². The van der Waals surface area contributed by atoms with Gasteiger partial charge < -0.3 is 9.84 Å². The summed E-state index contributed by atoms with van der Waals surface area (Å²) in [6.07, 6.45) is 1.73. The predicted octanol–water partition coefficient (Wildman–Crippen LogP) is 6.49. The van der Waals surface area contributed by atoms with E-state index in [1.165, 1.54) is 40.9 Å². The fraction of sp³-hybridized carbons (Fsp3) is 0.115. The van der Waals surface area contributed by atoms with Gasteiger partial charge in [0.05, 0.1) is 16.2 Å². The number of amidine groups is 1. The Hall–Kier alpha value is -3.43. The van der Waals surface area contributed by atoms with Crippen molar-refractivity contribution < 1.29 is 23.8 Å². The van der Waals surface area contributed by atoms with Crippen molar-refractivity contribution in [3.63, 3.8) is 0 Å². The second-order valence-electron chi connectivity index (χ2n) is 7.51. The second-order valence-corrected chi connectivity index (χ2v) is 9.44. The molecule has 1 heterocycles. The van der Waals surface area contributed by atoms with Crippen LogP contribution in [0.25, 0.3) is 6.08 Å². The molecule has 0 unspecified atom stereocenters. The number of aromatic carboxylic acids is 1. The normalized spacial score (nSPS) is 15.7. The molecule has 0 atom stereocenters. The standard InChI is InChI=1S/C26H20BrFN2O4S/c1-2-30-24(31)23(35-26(30)29-21-8-4-6-17(13-21)25(32)33)14-18-12-19(27)9-10-22(18)34-15-16-5-3-7-20(28)11-16/h3-14H,2,15H2,1H3,(H,32,33). The van der Waals surface area contributed by atoms with Crippen molar-refractivity contribution >= 4 is 56.5 Å². The molecule has 178 valence electrons. The molecule has 0 aliphatic carbocycles. The van der Waals surface area contributed by atoms with Crippen molar-refractivity contribution in [2.45, 2.75) is 13.5 Å². The topological polar surface area (TPSA) is 79.2 Å². The number of hydrogen-bond acceptors (Lipinski definition) is 5. The number of carbonyl (C=O) groups is 2. The molecule has 6 nitrogen and oxygen atoms in total. The summed E-state index contributed by atoms with van der Waals surface area (Å²) < 4.78 is 20.3. The molecule has 0 aromatic heterocycles. The fourth-order valence-electron chi connectivity index (χ4n) is 3.38. The maximum atomic E-state index is 13.5. The Labute approximate surface area is 214 Å². The third-order valence-corrected chi connectivity index (χ3v) is 6.56.